The fourth-order valence-electron chi connectivity index (χ4n) is 2.18. The molecule has 3 rings (SSSR count). The molecule has 2 aromatic carbocycles. The molecule has 0 atom stereocenters. The second-order valence-corrected chi connectivity index (χ2v) is 4.49. The molecule has 1 heterocycles. The van der Waals surface area contributed by atoms with Gasteiger partial charge in [0.2, 0.25) is 0 Å². The minimum atomic E-state index is 0.702. The first-order valence-electron chi connectivity index (χ1n) is 6.64. The Hall–Kier alpha value is -2.88. The van der Waals surface area contributed by atoms with Gasteiger partial charge >= 0.3 is 0 Å². The first-order chi connectivity index (χ1) is 10.4. The molecule has 4 heteroatoms. The van der Waals surface area contributed by atoms with Crippen molar-refractivity contribution in [2.24, 2.45) is 5.10 Å². The lowest BCUT2D eigenvalue weighted by molar-refractivity contribution is 0.415. The zero-order valence-corrected chi connectivity index (χ0v) is 11.7. The Balaban J connectivity index is 1.95. The van der Waals surface area contributed by atoms with Gasteiger partial charge in [0.15, 0.2) is 0 Å². The summed E-state index contributed by atoms with van der Waals surface area (Å²) in [6.07, 6.45) is 3.48. The van der Waals surface area contributed by atoms with Crippen LogP contribution < -0.4 is 10.2 Å². The summed E-state index contributed by atoms with van der Waals surface area (Å²) in [5.74, 6) is 1.49. The van der Waals surface area contributed by atoms with Crippen LogP contribution >= 0.6 is 0 Å². The van der Waals surface area contributed by atoms with Crippen LogP contribution in [0.4, 0.5) is 5.82 Å². The Morgan fingerprint density at radius 3 is 2.71 bits per heavy atom. The van der Waals surface area contributed by atoms with E-state index in [0.29, 0.717) is 5.82 Å². The summed E-state index contributed by atoms with van der Waals surface area (Å²) < 4.78 is 5.42. The molecule has 0 saturated heterocycles. The van der Waals surface area contributed by atoms with Crippen LogP contribution in [-0.2, 0) is 0 Å². The number of nitrogens with zero attached hydrogens (tertiary/aromatic N) is 2. The molecule has 0 fully saturated rings. The van der Waals surface area contributed by atoms with Crippen LogP contribution in [0.3, 0.4) is 0 Å². The molecule has 0 aliphatic heterocycles. The van der Waals surface area contributed by atoms with Gasteiger partial charge in [-0.25, -0.2) is 4.98 Å². The number of aromatic nitrogens is 1. The number of hydrazone groups is 1. The van der Waals surface area contributed by atoms with E-state index in [9.17, 15) is 0 Å². The molecular weight excluding hydrogens is 262 g/mol. The van der Waals surface area contributed by atoms with Crippen molar-refractivity contribution in [2.75, 3.05) is 12.5 Å². The summed E-state index contributed by atoms with van der Waals surface area (Å²) >= 11 is 0. The molecule has 0 spiro atoms. The van der Waals surface area contributed by atoms with Crippen LogP contribution in [0.15, 0.2) is 65.9 Å². The molecule has 0 bridgehead atoms. The molecule has 0 saturated carbocycles. The number of hydrogen-bond acceptors (Lipinski definition) is 4. The fraction of sp³-hybridized carbons (Fsp3) is 0.0588. The van der Waals surface area contributed by atoms with E-state index in [-0.39, 0.29) is 0 Å². The average molecular weight is 277 g/mol. The first kappa shape index (κ1) is 13.1. The van der Waals surface area contributed by atoms with E-state index >= 15 is 0 Å². The molecule has 1 aromatic heterocycles. The Bertz CT molecular complexity index is 769. The third-order valence-corrected chi connectivity index (χ3v) is 3.19. The lowest BCUT2D eigenvalue weighted by Gasteiger charge is -2.08. The zero-order valence-electron chi connectivity index (χ0n) is 11.7. The van der Waals surface area contributed by atoms with Gasteiger partial charge in [0.1, 0.15) is 11.6 Å². The van der Waals surface area contributed by atoms with Crippen molar-refractivity contribution < 1.29 is 4.74 Å². The Morgan fingerprint density at radius 1 is 1.05 bits per heavy atom. The predicted molar refractivity (Wildman–Crippen MR) is 86.0 cm³/mol. The highest BCUT2D eigenvalue weighted by Gasteiger charge is 2.05. The quantitative estimate of drug-likeness (QED) is 0.584. The number of benzene rings is 2. The zero-order chi connectivity index (χ0) is 14.5. The SMILES string of the molecule is COc1ccc2ccccc2c1/C=N\Nc1ccccn1. The van der Waals surface area contributed by atoms with E-state index in [4.69, 9.17) is 4.74 Å². The van der Waals surface area contributed by atoms with Crippen LogP contribution in [0.25, 0.3) is 10.8 Å². The standard InChI is InChI=1S/C17H15N3O/c1-21-16-10-9-13-6-2-3-7-14(13)15(16)12-19-20-17-8-4-5-11-18-17/h2-12H,1H3,(H,18,20)/b19-12-. The van der Waals surface area contributed by atoms with Crippen molar-refractivity contribution in [3.8, 4) is 5.75 Å². The van der Waals surface area contributed by atoms with Crippen LogP contribution in [0.2, 0.25) is 0 Å². The average Bonchev–Trinajstić information content (AvgIpc) is 2.56. The molecule has 0 aliphatic rings. The molecule has 1 N–H and O–H groups in total. The number of anilines is 1. The number of pyridine rings is 1. The van der Waals surface area contributed by atoms with Crippen LogP contribution in [0.1, 0.15) is 5.56 Å². The lowest BCUT2D eigenvalue weighted by Crippen LogP contribution is -1.96. The van der Waals surface area contributed by atoms with Crippen LogP contribution in [-0.4, -0.2) is 18.3 Å². The minimum absolute atomic E-state index is 0.702. The molecule has 104 valence electrons. The molecule has 0 unspecified atom stereocenters. The van der Waals surface area contributed by atoms with Gasteiger partial charge in [0, 0.05) is 11.8 Å². The second kappa shape index (κ2) is 6.05. The normalized spacial score (nSPS) is 10.9. The smallest absolute Gasteiger partial charge is 0.146 e. The fourth-order valence-corrected chi connectivity index (χ4v) is 2.18. The van der Waals surface area contributed by atoms with E-state index < -0.39 is 0 Å². The van der Waals surface area contributed by atoms with Crippen molar-refractivity contribution in [1.29, 1.82) is 0 Å². The summed E-state index contributed by atoms with van der Waals surface area (Å²) in [6.45, 7) is 0. The highest BCUT2D eigenvalue weighted by Crippen LogP contribution is 2.26. The molecular formula is C17H15N3O. The van der Waals surface area contributed by atoms with Gasteiger partial charge in [-0.3, -0.25) is 5.43 Å². The highest BCUT2D eigenvalue weighted by molar-refractivity contribution is 6.02. The number of fused-ring (bicyclic) bond motifs is 1. The second-order valence-electron chi connectivity index (χ2n) is 4.49. The van der Waals surface area contributed by atoms with Crippen molar-refractivity contribution in [3.63, 3.8) is 0 Å². The van der Waals surface area contributed by atoms with E-state index in [0.717, 1.165) is 22.1 Å². The summed E-state index contributed by atoms with van der Waals surface area (Å²) in [7, 11) is 1.66. The largest absolute Gasteiger partial charge is 0.496 e. The third-order valence-electron chi connectivity index (χ3n) is 3.19. The minimum Gasteiger partial charge on any atom is -0.496 e. The first-order valence-corrected chi connectivity index (χ1v) is 6.64. The lowest BCUT2D eigenvalue weighted by atomic mass is 10.0. The number of nitrogens with one attached hydrogen (secondary N) is 1. The van der Waals surface area contributed by atoms with Gasteiger partial charge in [-0.15, -0.1) is 0 Å². The van der Waals surface area contributed by atoms with E-state index in [1.807, 2.05) is 42.5 Å². The van der Waals surface area contributed by atoms with Crippen molar-refractivity contribution >= 4 is 22.8 Å². The molecule has 3 aromatic rings. The van der Waals surface area contributed by atoms with Gasteiger partial charge in [0.25, 0.3) is 0 Å². The third kappa shape index (κ3) is 2.84. The maximum Gasteiger partial charge on any atom is 0.146 e. The molecule has 0 amide bonds. The van der Waals surface area contributed by atoms with Crippen LogP contribution in [0.5, 0.6) is 5.75 Å². The Morgan fingerprint density at radius 2 is 1.90 bits per heavy atom. The molecule has 4 nitrogen and oxygen atoms in total. The summed E-state index contributed by atoms with van der Waals surface area (Å²) in [6, 6.07) is 17.8. The van der Waals surface area contributed by atoms with Crippen molar-refractivity contribution in [2.45, 2.75) is 0 Å². The van der Waals surface area contributed by atoms with Gasteiger partial charge in [-0.05, 0) is 29.0 Å². The van der Waals surface area contributed by atoms with Crippen LogP contribution in [0, 0.1) is 0 Å². The van der Waals surface area contributed by atoms with E-state index in [1.54, 1.807) is 19.5 Å². The van der Waals surface area contributed by atoms with Gasteiger partial charge in [0.05, 0.1) is 13.3 Å². The molecule has 0 radical (unpaired) electrons. The van der Waals surface area contributed by atoms with Gasteiger partial charge < -0.3 is 4.74 Å². The van der Waals surface area contributed by atoms with Gasteiger partial charge in [-0.1, -0.05) is 36.4 Å². The topological polar surface area (TPSA) is 46.5 Å². The van der Waals surface area contributed by atoms with E-state index in [2.05, 4.69) is 27.6 Å². The molecule has 0 aliphatic carbocycles. The highest BCUT2D eigenvalue weighted by atomic mass is 16.5. The van der Waals surface area contributed by atoms with E-state index in [1.165, 1.54) is 0 Å². The number of hydrogen-bond donors (Lipinski definition) is 1. The number of ether oxygens (including phenoxy) is 1. The summed E-state index contributed by atoms with van der Waals surface area (Å²) in [4.78, 5) is 4.16. The Kier molecular flexibility index (Phi) is 3.78. The maximum atomic E-state index is 5.42. The predicted octanol–water partition coefficient (Wildman–Crippen LogP) is 3.69. The number of methoxy groups -OCH3 is 1. The van der Waals surface area contributed by atoms with Crippen molar-refractivity contribution in [3.05, 3.63) is 66.4 Å². The monoisotopic (exact) mass is 277 g/mol. The molecule has 21 heavy (non-hydrogen) atoms. The van der Waals surface area contributed by atoms with Gasteiger partial charge in [-0.2, -0.15) is 5.10 Å². The number of rotatable bonds is 4. The van der Waals surface area contributed by atoms with Crippen molar-refractivity contribution in [1.82, 2.24) is 4.98 Å². The Labute approximate surface area is 123 Å². The summed E-state index contributed by atoms with van der Waals surface area (Å²) in [5.41, 5.74) is 3.86. The maximum absolute atomic E-state index is 5.42. The summed E-state index contributed by atoms with van der Waals surface area (Å²) in [5, 5.41) is 6.50.